The van der Waals surface area contributed by atoms with E-state index in [1.807, 2.05) is 0 Å². The summed E-state index contributed by atoms with van der Waals surface area (Å²) in [6.07, 6.45) is 25.6. The van der Waals surface area contributed by atoms with Gasteiger partial charge in [0, 0.05) is 22.3 Å². The first-order chi connectivity index (χ1) is 23.4. The Hall–Kier alpha value is -2.48. The van der Waals surface area contributed by atoms with Gasteiger partial charge in [0.15, 0.2) is 0 Å². The van der Waals surface area contributed by atoms with Gasteiger partial charge in [-0.3, -0.25) is 0 Å². The van der Waals surface area contributed by atoms with Crippen LogP contribution in [0.1, 0.15) is 203 Å². The van der Waals surface area contributed by atoms with E-state index in [0.29, 0.717) is 0 Å². The van der Waals surface area contributed by atoms with Crippen molar-refractivity contribution < 1.29 is 4.70 Å². The van der Waals surface area contributed by atoms with E-state index in [4.69, 9.17) is 0 Å². The fourth-order valence-corrected chi connectivity index (χ4v) is 8.22. The third kappa shape index (κ3) is 10.3. The highest BCUT2D eigenvalue weighted by molar-refractivity contribution is 5.83. The van der Waals surface area contributed by atoms with E-state index in [9.17, 15) is 5.53 Å². The second-order valence-electron chi connectivity index (χ2n) is 14.6. The van der Waals surface area contributed by atoms with Crippen LogP contribution in [-0.4, -0.2) is 4.70 Å². The van der Waals surface area contributed by atoms with Crippen molar-refractivity contribution in [3.05, 3.63) is 85.5 Å². The van der Waals surface area contributed by atoms with E-state index in [1.165, 1.54) is 109 Å². The number of aryl methyl sites for hydroxylation is 4. The zero-order chi connectivity index (χ0) is 34.9. The van der Waals surface area contributed by atoms with Crippen molar-refractivity contribution in [3.63, 3.8) is 0 Å². The zero-order valence-corrected chi connectivity index (χ0v) is 32.8. The maximum atomic E-state index is 12.6. The first-order valence-corrected chi connectivity index (χ1v) is 20.7. The summed E-state index contributed by atoms with van der Waals surface area (Å²) in [5, 5.41) is 0. The maximum Gasteiger partial charge on any atom is 0.211 e. The number of benzene rings is 2. The van der Waals surface area contributed by atoms with Gasteiger partial charge in [-0.15, -0.1) is 0 Å². The lowest BCUT2D eigenvalue weighted by Crippen LogP contribution is -2.08. The number of nitrogens with zero attached hydrogens (tertiary/aromatic N) is 2. The van der Waals surface area contributed by atoms with Crippen LogP contribution in [0.3, 0.4) is 0 Å². The number of hydrogen-bond donors (Lipinski definition) is 0. The lowest BCUT2D eigenvalue weighted by atomic mass is 9.86. The fourth-order valence-electron chi connectivity index (χ4n) is 8.22. The van der Waals surface area contributed by atoms with Crippen LogP contribution in [0.2, 0.25) is 0 Å². The standard InChI is InChI=1S/C46H72N2/c1-9-17-19-21-29-43-44(30-22-20-18-10-2)46(40-33-37(25-13-5)42(28-16-8)38(34-40)26-14-6)48(47)45(43)39-31-35(23-11-3)41(27-15-7)36(32-39)24-12-4/h31-34H,9-30H2,1-8H3. The molecule has 2 heteroatoms. The topological polar surface area (TPSA) is 25.3 Å². The average Bonchev–Trinajstić information content (AvgIpc) is 3.35. The molecule has 48 heavy (non-hydrogen) atoms. The van der Waals surface area contributed by atoms with Crippen molar-refractivity contribution in [1.82, 2.24) is 0 Å². The Kier molecular flexibility index (Phi) is 18.0. The molecule has 1 aliphatic heterocycles. The van der Waals surface area contributed by atoms with Gasteiger partial charge in [0.25, 0.3) is 0 Å². The molecule has 2 aromatic carbocycles. The number of hydrogen-bond acceptors (Lipinski definition) is 0. The summed E-state index contributed by atoms with van der Waals surface area (Å²) in [7, 11) is 0. The van der Waals surface area contributed by atoms with Gasteiger partial charge >= 0.3 is 0 Å². The molecule has 0 aliphatic carbocycles. The molecule has 0 N–H and O–H groups in total. The van der Waals surface area contributed by atoms with Crippen LogP contribution in [0.15, 0.2) is 35.4 Å². The fraction of sp³-hybridized carbons (Fsp3) is 0.652. The first kappa shape index (κ1) is 40.0. The third-order valence-corrected chi connectivity index (χ3v) is 10.4. The molecule has 0 amide bonds. The molecule has 0 saturated heterocycles. The van der Waals surface area contributed by atoms with Gasteiger partial charge in [-0.1, -0.05) is 132 Å². The molecule has 0 saturated carbocycles. The Morgan fingerprint density at radius 3 is 0.958 bits per heavy atom. The van der Waals surface area contributed by atoms with Gasteiger partial charge in [0.05, 0.1) is 0 Å². The van der Waals surface area contributed by atoms with E-state index in [2.05, 4.69) is 79.7 Å². The van der Waals surface area contributed by atoms with Crippen molar-refractivity contribution in [2.24, 2.45) is 0 Å². The van der Waals surface area contributed by atoms with Crippen LogP contribution >= 0.6 is 0 Å². The van der Waals surface area contributed by atoms with Crippen molar-refractivity contribution in [2.45, 2.75) is 197 Å². The monoisotopic (exact) mass is 653 g/mol. The Morgan fingerprint density at radius 1 is 0.375 bits per heavy atom. The molecule has 0 spiro atoms. The number of unbranched alkanes of at least 4 members (excludes halogenated alkanes) is 6. The normalized spacial score (nSPS) is 13.5. The smallest absolute Gasteiger partial charge is 0.211 e. The quantitative estimate of drug-likeness (QED) is 0.0796. The van der Waals surface area contributed by atoms with Crippen LogP contribution in [-0.2, 0) is 38.5 Å². The van der Waals surface area contributed by atoms with Crippen LogP contribution in [0.25, 0.3) is 16.9 Å². The van der Waals surface area contributed by atoms with E-state index in [0.717, 1.165) is 88.4 Å². The molecule has 0 bridgehead atoms. The highest BCUT2D eigenvalue weighted by atomic mass is 15.2. The van der Waals surface area contributed by atoms with Gasteiger partial charge in [-0.25, -0.2) is 4.70 Å². The van der Waals surface area contributed by atoms with Crippen LogP contribution in [0, 0.1) is 0 Å². The van der Waals surface area contributed by atoms with E-state index in [-0.39, 0.29) is 0 Å². The molecule has 0 radical (unpaired) electrons. The Balaban J connectivity index is 2.35. The van der Waals surface area contributed by atoms with Gasteiger partial charge in [-0.05, 0) is 122 Å². The summed E-state index contributed by atoms with van der Waals surface area (Å²) in [6, 6.07) is 9.91. The second-order valence-corrected chi connectivity index (χ2v) is 14.6. The molecule has 1 heterocycles. The van der Waals surface area contributed by atoms with Crippen molar-refractivity contribution >= 4 is 11.4 Å². The van der Waals surface area contributed by atoms with E-state index in [1.54, 1.807) is 15.8 Å². The molecule has 0 unspecified atom stereocenters. The Labute approximate surface area is 297 Å². The summed E-state index contributed by atoms with van der Waals surface area (Å²) in [4.78, 5) is 0. The van der Waals surface area contributed by atoms with E-state index < -0.39 is 0 Å². The minimum atomic E-state index is 1.04. The van der Waals surface area contributed by atoms with Crippen molar-refractivity contribution in [3.8, 4) is 0 Å². The molecule has 2 nitrogen and oxygen atoms in total. The van der Waals surface area contributed by atoms with Crippen LogP contribution < -0.4 is 0 Å². The SMILES string of the molecule is CCCCCCC1=C(c2cc(CCC)c(CCC)c(CCC)c2)[N+](=[N-])C(c2cc(CCC)c(CCC)c(CCC)c2)=C1CCCCCC. The molecule has 0 atom stereocenters. The van der Waals surface area contributed by atoms with Gasteiger partial charge < -0.3 is 5.53 Å². The predicted octanol–water partition coefficient (Wildman–Crippen LogP) is 14.5. The first-order valence-electron chi connectivity index (χ1n) is 20.7. The predicted molar refractivity (Wildman–Crippen MR) is 212 cm³/mol. The zero-order valence-electron chi connectivity index (χ0n) is 32.8. The lowest BCUT2D eigenvalue weighted by molar-refractivity contribution is -0.345. The van der Waals surface area contributed by atoms with Gasteiger partial charge in [0.2, 0.25) is 11.4 Å². The van der Waals surface area contributed by atoms with Crippen LogP contribution in [0.4, 0.5) is 0 Å². The summed E-state index contributed by atoms with van der Waals surface area (Å²) < 4.78 is 1.69. The number of rotatable bonds is 24. The van der Waals surface area contributed by atoms with Crippen molar-refractivity contribution in [1.29, 1.82) is 0 Å². The Morgan fingerprint density at radius 2 is 0.688 bits per heavy atom. The summed E-state index contributed by atoms with van der Waals surface area (Å²) >= 11 is 0. The summed E-state index contributed by atoms with van der Waals surface area (Å²) in [6.45, 7) is 18.5. The van der Waals surface area contributed by atoms with Crippen molar-refractivity contribution in [2.75, 3.05) is 0 Å². The average molecular weight is 653 g/mol. The summed E-state index contributed by atoms with van der Waals surface area (Å²) in [5.41, 5.74) is 29.3. The molecule has 3 rings (SSSR count). The second kappa shape index (κ2) is 21.6. The lowest BCUT2D eigenvalue weighted by Gasteiger charge is -2.19. The highest BCUT2D eigenvalue weighted by Gasteiger charge is 2.36. The molecular weight excluding hydrogens is 581 g/mol. The third-order valence-electron chi connectivity index (χ3n) is 10.4. The molecule has 0 aromatic heterocycles. The Bertz CT molecular complexity index is 1210. The molecular formula is C46H72N2. The maximum absolute atomic E-state index is 12.6. The molecule has 266 valence electrons. The largest absolute Gasteiger partial charge is 0.493 e. The van der Waals surface area contributed by atoms with Crippen LogP contribution in [0.5, 0.6) is 0 Å². The minimum Gasteiger partial charge on any atom is -0.493 e. The molecule has 2 aromatic rings. The number of allylic oxidation sites excluding steroid dienone is 2. The minimum absolute atomic E-state index is 1.04. The summed E-state index contributed by atoms with van der Waals surface area (Å²) in [5.74, 6) is 0. The molecule has 1 aliphatic rings. The van der Waals surface area contributed by atoms with Gasteiger partial charge in [-0.2, -0.15) is 0 Å². The molecule has 0 fully saturated rings. The van der Waals surface area contributed by atoms with Gasteiger partial charge in [0.1, 0.15) is 0 Å². The highest BCUT2D eigenvalue weighted by Crippen LogP contribution is 2.46. The van der Waals surface area contributed by atoms with E-state index >= 15 is 0 Å².